The summed E-state index contributed by atoms with van der Waals surface area (Å²) >= 11 is 0. The largest absolute Gasteiger partial charge is 0.493 e. The van der Waals surface area contributed by atoms with Crippen molar-refractivity contribution in [1.82, 2.24) is 14.7 Å². The first-order valence-corrected chi connectivity index (χ1v) is 10.5. The van der Waals surface area contributed by atoms with E-state index in [0.717, 1.165) is 25.9 Å². The fourth-order valence-corrected chi connectivity index (χ4v) is 4.24. The van der Waals surface area contributed by atoms with E-state index in [4.69, 9.17) is 9.47 Å². The second-order valence-electron chi connectivity index (χ2n) is 8.55. The van der Waals surface area contributed by atoms with Crippen LogP contribution in [-0.2, 0) is 9.59 Å². The van der Waals surface area contributed by atoms with Crippen LogP contribution < -0.4 is 9.47 Å². The quantitative estimate of drug-likeness (QED) is 0.638. The molecule has 2 aliphatic heterocycles. The maximum Gasteiger partial charge on any atom is 0.277 e. The molecule has 164 valence electrons. The number of piperidine rings is 1. The Labute approximate surface area is 179 Å². The number of hydrogen-bond acceptors (Lipinski definition) is 6. The fourth-order valence-electron chi connectivity index (χ4n) is 4.24. The first-order valence-electron chi connectivity index (χ1n) is 10.5. The van der Waals surface area contributed by atoms with Crippen molar-refractivity contribution in [1.29, 1.82) is 0 Å². The Bertz CT molecular complexity index is 841. The highest BCUT2D eigenvalue weighted by atomic mass is 16.5. The van der Waals surface area contributed by atoms with Crippen LogP contribution in [0.3, 0.4) is 0 Å². The predicted molar refractivity (Wildman–Crippen MR) is 116 cm³/mol. The minimum Gasteiger partial charge on any atom is -0.493 e. The third kappa shape index (κ3) is 4.17. The first kappa shape index (κ1) is 22.2. The van der Waals surface area contributed by atoms with Gasteiger partial charge in [-0.2, -0.15) is 0 Å². The van der Waals surface area contributed by atoms with Crippen LogP contribution in [-0.4, -0.2) is 80.5 Å². The molecule has 30 heavy (non-hydrogen) atoms. The summed E-state index contributed by atoms with van der Waals surface area (Å²) in [5.41, 5.74) is 1.61. The van der Waals surface area contributed by atoms with Gasteiger partial charge in [0.2, 0.25) is 0 Å². The number of methoxy groups -OCH3 is 2. The summed E-state index contributed by atoms with van der Waals surface area (Å²) in [6.45, 7) is 6.38. The van der Waals surface area contributed by atoms with Gasteiger partial charge < -0.3 is 19.3 Å². The molecular formula is C23H33N3O4. The van der Waals surface area contributed by atoms with Crippen molar-refractivity contribution in [2.45, 2.75) is 32.7 Å². The maximum absolute atomic E-state index is 13.4. The van der Waals surface area contributed by atoms with Crippen LogP contribution in [0.5, 0.6) is 11.5 Å². The molecule has 0 unspecified atom stereocenters. The van der Waals surface area contributed by atoms with Crippen LogP contribution in [0.25, 0.3) is 5.57 Å². The van der Waals surface area contributed by atoms with Crippen LogP contribution in [0, 0.1) is 5.92 Å². The van der Waals surface area contributed by atoms with Gasteiger partial charge in [0, 0.05) is 19.6 Å². The molecule has 0 aromatic heterocycles. The van der Waals surface area contributed by atoms with Crippen LogP contribution in [0.1, 0.15) is 32.3 Å². The summed E-state index contributed by atoms with van der Waals surface area (Å²) in [5.74, 6) is 0.863. The standard InChI is InChI=1S/C23H33N3O4/c1-15(2)14-26-22(27)20(16-7-8-18(29-5)19(13-16)30-6)21(23(26)28)25(4)17-9-11-24(3)12-10-17/h7-8,13,15,17H,9-12,14H2,1-6H3. The first-order chi connectivity index (χ1) is 14.3. The van der Waals surface area contributed by atoms with E-state index < -0.39 is 0 Å². The lowest BCUT2D eigenvalue weighted by atomic mass is 10.00. The SMILES string of the molecule is COc1ccc(C2=C(N(C)C3CCN(C)CC3)C(=O)N(CC(C)C)C2=O)cc1OC. The van der Waals surface area contributed by atoms with E-state index in [2.05, 4.69) is 11.9 Å². The van der Waals surface area contributed by atoms with E-state index in [1.165, 1.54) is 4.90 Å². The molecule has 0 atom stereocenters. The molecule has 0 saturated carbocycles. The number of hydrogen-bond donors (Lipinski definition) is 0. The van der Waals surface area contributed by atoms with Crippen molar-refractivity contribution in [3.8, 4) is 11.5 Å². The van der Waals surface area contributed by atoms with E-state index in [1.54, 1.807) is 26.4 Å². The minimum atomic E-state index is -0.240. The number of imide groups is 1. The number of amides is 2. The van der Waals surface area contributed by atoms with E-state index in [1.807, 2.05) is 31.9 Å². The monoisotopic (exact) mass is 415 g/mol. The average Bonchev–Trinajstić information content (AvgIpc) is 2.97. The summed E-state index contributed by atoms with van der Waals surface area (Å²) in [5, 5.41) is 0. The Morgan fingerprint density at radius 2 is 1.70 bits per heavy atom. The molecule has 0 spiro atoms. The highest BCUT2D eigenvalue weighted by Crippen LogP contribution is 2.37. The van der Waals surface area contributed by atoms with Gasteiger partial charge in [-0.3, -0.25) is 14.5 Å². The van der Waals surface area contributed by atoms with E-state index in [9.17, 15) is 9.59 Å². The van der Waals surface area contributed by atoms with Crippen molar-refractivity contribution in [3.63, 3.8) is 0 Å². The van der Waals surface area contributed by atoms with Crippen LogP contribution in [0.2, 0.25) is 0 Å². The number of benzene rings is 1. The van der Waals surface area contributed by atoms with Crippen LogP contribution in [0.4, 0.5) is 0 Å². The summed E-state index contributed by atoms with van der Waals surface area (Å²) in [6, 6.07) is 5.60. The molecule has 1 aromatic carbocycles. The van der Waals surface area contributed by atoms with E-state index in [-0.39, 0.29) is 23.8 Å². The van der Waals surface area contributed by atoms with Gasteiger partial charge in [-0.1, -0.05) is 19.9 Å². The number of likely N-dealkylation sites (tertiary alicyclic amines) is 1. The third-order valence-electron chi connectivity index (χ3n) is 5.95. The molecular weight excluding hydrogens is 382 g/mol. The minimum absolute atomic E-state index is 0.192. The molecule has 1 saturated heterocycles. The number of ether oxygens (including phenoxy) is 2. The van der Waals surface area contributed by atoms with E-state index >= 15 is 0 Å². The van der Waals surface area contributed by atoms with Crippen molar-refractivity contribution in [2.24, 2.45) is 5.92 Å². The van der Waals surface area contributed by atoms with Crippen molar-refractivity contribution >= 4 is 17.4 Å². The number of carbonyl (C=O) groups excluding carboxylic acids is 2. The van der Waals surface area contributed by atoms with Gasteiger partial charge in [-0.05, 0) is 56.6 Å². The number of carbonyl (C=O) groups is 2. The van der Waals surface area contributed by atoms with Gasteiger partial charge in [-0.15, -0.1) is 0 Å². The molecule has 0 N–H and O–H groups in total. The highest BCUT2D eigenvalue weighted by molar-refractivity contribution is 6.35. The zero-order valence-corrected chi connectivity index (χ0v) is 18.9. The number of nitrogens with zero attached hydrogens (tertiary/aromatic N) is 3. The number of likely N-dealkylation sites (N-methyl/N-ethyl adjacent to an activating group) is 1. The third-order valence-corrected chi connectivity index (χ3v) is 5.95. The second-order valence-corrected chi connectivity index (χ2v) is 8.55. The molecule has 0 aliphatic carbocycles. The number of rotatable bonds is 7. The fraction of sp³-hybridized carbons (Fsp3) is 0.565. The summed E-state index contributed by atoms with van der Waals surface area (Å²) in [4.78, 5) is 32.5. The topological polar surface area (TPSA) is 62.3 Å². The molecule has 7 nitrogen and oxygen atoms in total. The second kappa shape index (κ2) is 9.08. The Balaban J connectivity index is 2.07. The molecule has 2 heterocycles. The molecule has 1 aromatic rings. The normalized spacial score (nSPS) is 18.6. The van der Waals surface area contributed by atoms with Gasteiger partial charge in [0.25, 0.3) is 11.8 Å². The van der Waals surface area contributed by atoms with Crippen molar-refractivity contribution < 1.29 is 19.1 Å². The van der Waals surface area contributed by atoms with Gasteiger partial charge in [-0.25, -0.2) is 0 Å². The maximum atomic E-state index is 13.4. The zero-order chi connectivity index (χ0) is 22.0. The van der Waals surface area contributed by atoms with Gasteiger partial charge in [0.15, 0.2) is 11.5 Å². The molecule has 3 rings (SSSR count). The van der Waals surface area contributed by atoms with Crippen LogP contribution in [0.15, 0.2) is 23.9 Å². The predicted octanol–water partition coefficient (Wildman–Crippen LogP) is 2.47. The summed E-state index contributed by atoms with van der Waals surface area (Å²) in [7, 11) is 7.19. The molecule has 0 bridgehead atoms. The molecule has 1 fully saturated rings. The lowest BCUT2D eigenvalue weighted by Crippen LogP contribution is -2.44. The summed E-state index contributed by atoms with van der Waals surface area (Å²) < 4.78 is 10.8. The lowest BCUT2D eigenvalue weighted by molar-refractivity contribution is -0.138. The van der Waals surface area contributed by atoms with E-state index in [0.29, 0.717) is 34.9 Å². The summed E-state index contributed by atoms with van der Waals surface area (Å²) in [6.07, 6.45) is 1.92. The Morgan fingerprint density at radius 3 is 2.27 bits per heavy atom. The molecule has 0 radical (unpaired) electrons. The smallest absolute Gasteiger partial charge is 0.277 e. The molecule has 2 amide bonds. The highest BCUT2D eigenvalue weighted by Gasteiger charge is 2.42. The van der Waals surface area contributed by atoms with Crippen molar-refractivity contribution in [2.75, 3.05) is 47.9 Å². The Hall–Kier alpha value is -2.54. The zero-order valence-electron chi connectivity index (χ0n) is 18.9. The Kier molecular flexibility index (Phi) is 6.71. The lowest BCUT2D eigenvalue weighted by Gasteiger charge is -2.36. The van der Waals surface area contributed by atoms with Crippen LogP contribution >= 0.6 is 0 Å². The van der Waals surface area contributed by atoms with Gasteiger partial charge in [0.05, 0.1) is 19.8 Å². The van der Waals surface area contributed by atoms with Crippen molar-refractivity contribution in [3.05, 3.63) is 29.5 Å². The van der Waals surface area contributed by atoms with Gasteiger partial charge >= 0.3 is 0 Å². The average molecular weight is 416 g/mol. The van der Waals surface area contributed by atoms with Gasteiger partial charge in [0.1, 0.15) is 5.70 Å². The Morgan fingerprint density at radius 1 is 1.07 bits per heavy atom. The molecule has 7 heteroatoms. The molecule has 2 aliphatic rings.